The summed E-state index contributed by atoms with van der Waals surface area (Å²) in [5.74, 6) is 1.03. The van der Waals surface area contributed by atoms with E-state index in [1.807, 2.05) is 12.1 Å². The summed E-state index contributed by atoms with van der Waals surface area (Å²) in [6.07, 6.45) is 0.178. The number of hydrogen-bond donors (Lipinski definition) is 1. The Morgan fingerprint density at radius 1 is 1.17 bits per heavy atom. The van der Waals surface area contributed by atoms with E-state index in [-0.39, 0.29) is 18.2 Å². The van der Waals surface area contributed by atoms with Crippen molar-refractivity contribution >= 4 is 23.2 Å². The fourth-order valence-electron chi connectivity index (χ4n) is 3.25. The Labute approximate surface area is 167 Å². The van der Waals surface area contributed by atoms with E-state index in [1.54, 1.807) is 55.3 Å². The molecule has 0 radical (unpaired) electrons. The average molecular weight is 392 g/mol. The van der Waals surface area contributed by atoms with Crippen LogP contribution in [0.25, 0.3) is 11.5 Å². The van der Waals surface area contributed by atoms with Gasteiger partial charge in [0.25, 0.3) is 5.89 Å². The van der Waals surface area contributed by atoms with Gasteiger partial charge in [0.2, 0.25) is 11.8 Å². The van der Waals surface area contributed by atoms with Crippen LogP contribution in [0, 0.1) is 12.8 Å². The first-order chi connectivity index (χ1) is 14.0. The van der Waals surface area contributed by atoms with Crippen molar-refractivity contribution in [3.63, 3.8) is 0 Å². The number of nitrogens with one attached hydrogen (secondary N) is 1. The van der Waals surface area contributed by atoms with Crippen LogP contribution in [-0.2, 0) is 9.59 Å². The zero-order valence-corrected chi connectivity index (χ0v) is 16.1. The molecule has 3 aromatic rings. The van der Waals surface area contributed by atoms with Crippen LogP contribution in [0.5, 0.6) is 5.75 Å². The number of methoxy groups -OCH3 is 1. The molecule has 1 saturated heterocycles. The van der Waals surface area contributed by atoms with Crippen LogP contribution in [0.2, 0.25) is 0 Å². The van der Waals surface area contributed by atoms with Crippen LogP contribution in [-0.4, -0.2) is 35.6 Å². The summed E-state index contributed by atoms with van der Waals surface area (Å²) in [7, 11) is 1.59. The molecule has 1 N–H and O–H groups in total. The van der Waals surface area contributed by atoms with Gasteiger partial charge in [-0.3, -0.25) is 9.59 Å². The highest BCUT2D eigenvalue weighted by molar-refractivity contribution is 6.03. The van der Waals surface area contributed by atoms with Gasteiger partial charge in [0.05, 0.1) is 13.0 Å². The minimum atomic E-state index is -0.414. The molecule has 2 amide bonds. The minimum Gasteiger partial charge on any atom is -0.497 e. The molecule has 0 saturated carbocycles. The number of carbonyl (C=O) groups excluding carboxylic acids is 2. The normalized spacial score (nSPS) is 16.1. The topological polar surface area (TPSA) is 97.6 Å². The SMILES string of the molecule is COc1ccc(N2CC(C(=O)Nc3ccc(-c4nc(C)no4)cc3)CC2=O)cc1. The van der Waals surface area contributed by atoms with E-state index in [2.05, 4.69) is 15.5 Å². The standard InChI is InChI=1S/C21H20N4O4/c1-13-22-21(29-24-13)14-3-5-16(6-4-14)23-20(27)15-11-19(26)25(12-15)17-7-9-18(28-2)10-8-17/h3-10,15H,11-12H2,1-2H3,(H,23,27). The van der Waals surface area contributed by atoms with Crippen LogP contribution < -0.4 is 15.0 Å². The number of carbonyl (C=O) groups is 2. The molecule has 1 unspecified atom stereocenters. The number of aromatic nitrogens is 2. The third-order valence-corrected chi connectivity index (χ3v) is 4.81. The van der Waals surface area contributed by atoms with Crippen molar-refractivity contribution in [2.24, 2.45) is 5.92 Å². The van der Waals surface area contributed by atoms with Crippen LogP contribution in [0.15, 0.2) is 53.1 Å². The molecule has 0 bridgehead atoms. The maximum Gasteiger partial charge on any atom is 0.257 e. The summed E-state index contributed by atoms with van der Waals surface area (Å²) in [5.41, 5.74) is 2.17. The first-order valence-corrected chi connectivity index (χ1v) is 9.19. The third-order valence-electron chi connectivity index (χ3n) is 4.81. The second-order valence-electron chi connectivity index (χ2n) is 6.82. The molecule has 2 heterocycles. The Kier molecular flexibility index (Phi) is 4.99. The molecule has 1 aliphatic rings. The van der Waals surface area contributed by atoms with E-state index in [0.717, 1.165) is 11.3 Å². The lowest BCUT2D eigenvalue weighted by Gasteiger charge is -2.17. The summed E-state index contributed by atoms with van der Waals surface area (Å²) in [6.45, 7) is 2.09. The smallest absolute Gasteiger partial charge is 0.257 e. The van der Waals surface area contributed by atoms with Gasteiger partial charge in [-0.1, -0.05) is 5.16 Å². The lowest BCUT2D eigenvalue weighted by molar-refractivity contribution is -0.122. The molecule has 0 aliphatic carbocycles. The Morgan fingerprint density at radius 2 is 1.90 bits per heavy atom. The van der Waals surface area contributed by atoms with Crippen molar-refractivity contribution in [3.8, 4) is 17.2 Å². The maximum atomic E-state index is 12.6. The lowest BCUT2D eigenvalue weighted by atomic mass is 10.1. The molecule has 4 rings (SSSR count). The van der Waals surface area contributed by atoms with Gasteiger partial charge in [-0.05, 0) is 55.5 Å². The zero-order chi connectivity index (χ0) is 20.4. The highest BCUT2D eigenvalue weighted by Gasteiger charge is 2.35. The van der Waals surface area contributed by atoms with Crippen LogP contribution in [0.1, 0.15) is 12.2 Å². The van der Waals surface area contributed by atoms with Gasteiger partial charge in [0.15, 0.2) is 5.82 Å². The Hall–Kier alpha value is -3.68. The number of benzene rings is 2. The van der Waals surface area contributed by atoms with E-state index < -0.39 is 5.92 Å². The summed E-state index contributed by atoms with van der Waals surface area (Å²) in [4.78, 5) is 30.8. The van der Waals surface area contributed by atoms with Crippen molar-refractivity contribution in [2.75, 3.05) is 23.9 Å². The molecule has 0 spiro atoms. The molecule has 1 aliphatic heterocycles. The van der Waals surface area contributed by atoms with Gasteiger partial charge < -0.3 is 19.5 Å². The molecule has 1 fully saturated rings. The van der Waals surface area contributed by atoms with Crippen LogP contribution in [0.4, 0.5) is 11.4 Å². The van der Waals surface area contributed by atoms with Gasteiger partial charge in [0, 0.05) is 29.9 Å². The van der Waals surface area contributed by atoms with Crippen molar-refractivity contribution in [1.82, 2.24) is 10.1 Å². The van der Waals surface area contributed by atoms with Gasteiger partial charge >= 0.3 is 0 Å². The van der Waals surface area contributed by atoms with E-state index in [4.69, 9.17) is 9.26 Å². The molecular weight excluding hydrogens is 372 g/mol. The number of amides is 2. The molecule has 148 valence electrons. The Balaban J connectivity index is 1.40. The van der Waals surface area contributed by atoms with Gasteiger partial charge in [-0.2, -0.15) is 4.98 Å². The number of rotatable bonds is 5. The molecule has 29 heavy (non-hydrogen) atoms. The molecule has 1 aromatic heterocycles. The summed E-state index contributed by atoms with van der Waals surface area (Å²) < 4.78 is 10.3. The first kappa shape index (κ1) is 18.7. The minimum absolute atomic E-state index is 0.0718. The Morgan fingerprint density at radius 3 is 2.52 bits per heavy atom. The summed E-state index contributed by atoms with van der Waals surface area (Å²) in [6, 6.07) is 14.3. The van der Waals surface area contributed by atoms with E-state index in [1.165, 1.54) is 0 Å². The molecule has 8 nitrogen and oxygen atoms in total. The molecular formula is C21H20N4O4. The Bertz CT molecular complexity index is 1030. The number of ether oxygens (including phenoxy) is 1. The summed E-state index contributed by atoms with van der Waals surface area (Å²) >= 11 is 0. The molecule has 2 aromatic carbocycles. The van der Waals surface area contributed by atoms with Crippen molar-refractivity contribution in [3.05, 3.63) is 54.4 Å². The second-order valence-corrected chi connectivity index (χ2v) is 6.82. The second kappa shape index (κ2) is 7.75. The van der Waals surface area contributed by atoms with E-state index in [0.29, 0.717) is 29.7 Å². The van der Waals surface area contributed by atoms with Crippen LogP contribution in [0.3, 0.4) is 0 Å². The first-order valence-electron chi connectivity index (χ1n) is 9.19. The van der Waals surface area contributed by atoms with Gasteiger partial charge in [0.1, 0.15) is 5.75 Å². The van der Waals surface area contributed by atoms with Crippen molar-refractivity contribution in [1.29, 1.82) is 0 Å². The van der Waals surface area contributed by atoms with Crippen molar-refractivity contribution < 1.29 is 18.8 Å². The maximum absolute atomic E-state index is 12.6. The number of anilines is 2. The number of nitrogens with zero attached hydrogens (tertiary/aromatic N) is 3. The average Bonchev–Trinajstić information content (AvgIpc) is 3.34. The molecule has 8 heteroatoms. The molecule has 1 atom stereocenters. The largest absolute Gasteiger partial charge is 0.497 e. The fourth-order valence-corrected chi connectivity index (χ4v) is 3.25. The van der Waals surface area contributed by atoms with Crippen LogP contribution >= 0.6 is 0 Å². The van der Waals surface area contributed by atoms with Gasteiger partial charge in [-0.25, -0.2) is 0 Å². The van der Waals surface area contributed by atoms with E-state index in [9.17, 15) is 9.59 Å². The highest BCUT2D eigenvalue weighted by Crippen LogP contribution is 2.28. The predicted octanol–water partition coefficient (Wildman–Crippen LogP) is 3.05. The number of hydrogen-bond acceptors (Lipinski definition) is 6. The predicted molar refractivity (Wildman–Crippen MR) is 107 cm³/mol. The monoisotopic (exact) mass is 392 g/mol. The fraction of sp³-hybridized carbons (Fsp3) is 0.238. The van der Waals surface area contributed by atoms with E-state index >= 15 is 0 Å². The van der Waals surface area contributed by atoms with Crippen molar-refractivity contribution in [2.45, 2.75) is 13.3 Å². The third kappa shape index (κ3) is 3.96. The summed E-state index contributed by atoms with van der Waals surface area (Å²) in [5, 5.41) is 6.64. The highest BCUT2D eigenvalue weighted by atomic mass is 16.5. The van der Waals surface area contributed by atoms with Gasteiger partial charge in [-0.15, -0.1) is 0 Å². The number of aryl methyl sites for hydroxylation is 1. The lowest BCUT2D eigenvalue weighted by Crippen LogP contribution is -2.28. The quantitative estimate of drug-likeness (QED) is 0.717. The zero-order valence-electron chi connectivity index (χ0n) is 16.1.